The number of thiocarbonyl (C=S) groups is 1. The summed E-state index contributed by atoms with van der Waals surface area (Å²) in [5.74, 6) is 0. The SMILES string of the molecule is Cc1ccc(NC(=S)Nc2ccc(C#N)cc2)cc1. The zero-order valence-corrected chi connectivity index (χ0v) is 11.3. The number of hydrogen-bond acceptors (Lipinski definition) is 2. The van der Waals surface area contributed by atoms with E-state index in [0.29, 0.717) is 10.7 Å². The highest BCUT2D eigenvalue weighted by Gasteiger charge is 1.99. The molecule has 0 aromatic heterocycles. The molecule has 0 atom stereocenters. The maximum absolute atomic E-state index is 8.72. The van der Waals surface area contributed by atoms with Gasteiger partial charge in [-0.3, -0.25) is 0 Å². The quantitative estimate of drug-likeness (QED) is 0.815. The van der Waals surface area contributed by atoms with E-state index < -0.39 is 0 Å². The van der Waals surface area contributed by atoms with Crippen LogP contribution in [-0.4, -0.2) is 5.11 Å². The highest BCUT2D eigenvalue weighted by Crippen LogP contribution is 2.11. The number of hydrogen-bond donors (Lipinski definition) is 2. The van der Waals surface area contributed by atoms with Crippen LogP contribution in [0.25, 0.3) is 0 Å². The van der Waals surface area contributed by atoms with Crippen molar-refractivity contribution < 1.29 is 0 Å². The van der Waals surface area contributed by atoms with Gasteiger partial charge >= 0.3 is 0 Å². The lowest BCUT2D eigenvalue weighted by Crippen LogP contribution is -2.18. The van der Waals surface area contributed by atoms with Gasteiger partial charge < -0.3 is 10.6 Å². The summed E-state index contributed by atoms with van der Waals surface area (Å²) in [5.41, 5.74) is 3.62. The molecule has 2 N–H and O–H groups in total. The van der Waals surface area contributed by atoms with Gasteiger partial charge in [0.05, 0.1) is 11.6 Å². The Hall–Kier alpha value is -2.38. The monoisotopic (exact) mass is 267 g/mol. The van der Waals surface area contributed by atoms with Crippen LogP contribution in [0.15, 0.2) is 48.5 Å². The molecule has 0 aliphatic rings. The van der Waals surface area contributed by atoms with Gasteiger partial charge in [0.1, 0.15) is 0 Å². The second-order valence-corrected chi connectivity index (χ2v) is 4.54. The Bertz CT molecular complexity index is 609. The lowest BCUT2D eigenvalue weighted by Gasteiger charge is -2.10. The number of benzene rings is 2. The fourth-order valence-electron chi connectivity index (χ4n) is 1.56. The first-order valence-corrected chi connectivity index (χ1v) is 6.23. The van der Waals surface area contributed by atoms with Gasteiger partial charge in [0.25, 0.3) is 0 Å². The van der Waals surface area contributed by atoms with Crippen LogP contribution in [0.5, 0.6) is 0 Å². The molecule has 94 valence electrons. The molecule has 0 fully saturated rings. The highest BCUT2D eigenvalue weighted by atomic mass is 32.1. The van der Waals surface area contributed by atoms with E-state index >= 15 is 0 Å². The van der Waals surface area contributed by atoms with Gasteiger partial charge in [-0.05, 0) is 55.5 Å². The Morgan fingerprint density at radius 1 is 0.947 bits per heavy atom. The van der Waals surface area contributed by atoms with Gasteiger partial charge in [0, 0.05) is 11.4 Å². The predicted octanol–water partition coefficient (Wildman–Crippen LogP) is 3.68. The molecular formula is C15H13N3S. The molecule has 0 saturated carbocycles. The second kappa shape index (κ2) is 5.98. The van der Waals surface area contributed by atoms with Crippen LogP contribution in [0.2, 0.25) is 0 Å². The molecule has 0 heterocycles. The first-order valence-electron chi connectivity index (χ1n) is 5.82. The summed E-state index contributed by atoms with van der Waals surface area (Å²) in [4.78, 5) is 0. The summed E-state index contributed by atoms with van der Waals surface area (Å²) < 4.78 is 0. The van der Waals surface area contributed by atoms with Crippen molar-refractivity contribution >= 4 is 28.7 Å². The molecule has 0 saturated heterocycles. The van der Waals surface area contributed by atoms with Crippen molar-refractivity contribution in [2.24, 2.45) is 0 Å². The third-order valence-corrected chi connectivity index (χ3v) is 2.79. The maximum atomic E-state index is 8.72. The van der Waals surface area contributed by atoms with Crippen LogP contribution in [0, 0.1) is 18.3 Å². The van der Waals surface area contributed by atoms with E-state index in [0.717, 1.165) is 11.4 Å². The topological polar surface area (TPSA) is 47.8 Å². The van der Waals surface area contributed by atoms with E-state index in [9.17, 15) is 0 Å². The largest absolute Gasteiger partial charge is 0.332 e. The van der Waals surface area contributed by atoms with E-state index in [1.807, 2.05) is 43.3 Å². The molecule has 0 aliphatic heterocycles. The van der Waals surface area contributed by atoms with Crippen LogP contribution >= 0.6 is 12.2 Å². The Balaban J connectivity index is 1.97. The number of anilines is 2. The average Bonchev–Trinajstić information content (AvgIpc) is 2.42. The lowest BCUT2D eigenvalue weighted by molar-refractivity contribution is 1.46. The second-order valence-electron chi connectivity index (χ2n) is 4.13. The fourth-order valence-corrected chi connectivity index (χ4v) is 1.79. The van der Waals surface area contributed by atoms with Crippen LogP contribution in [0.1, 0.15) is 11.1 Å². The molecule has 0 amide bonds. The van der Waals surface area contributed by atoms with Gasteiger partial charge in [-0.1, -0.05) is 17.7 Å². The molecule has 0 radical (unpaired) electrons. The fraction of sp³-hybridized carbons (Fsp3) is 0.0667. The molecule has 0 spiro atoms. The molecule has 19 heavy (non-hydrogen) atoms. The Labute approximate surface area is 117 Å². The van der Waals surface area contributed by atoms with Crippen molar-refractivity contribution in [2.75, 3.05) is 10.6 Å². The summed E-state index contributed by atoms with van der Waals surface area (Å²) in [6.45, 7) is 2.04. The molecule has 2 rings (SSSR count). The van der Waals surface area contributed by atoms with Crippen molar-refractivity contribution in [1.82, 2.24) is 0 Å². The summed E-state index contributed by atoms with van der Waals surface area (Å²) in [6, 6.07) is 17.2. The normalized spacial score (nSPS) is 9.47. The maximum Gasteiger partial charge on any atom is 0.175 e. The van der Waals surface area contributed by atoms with Crippen LogP contribution in [0.4, 0.5) is 11.4 Å². The van der Waals surface area contributed by atoms with E-state index in [1.54, 1.807) is 12.1 Å². The minimum Gasteiger partial charge on any atom is -0.332 e. The van der Waals surface area contributed by atoms with Crippen LogP contribution < -0.4 is 10.6 Å². The molecular weight excluding hydrogens is 254 g/mol. The van der Waals surface area contributed by atoms with Crippen molar-refractivity contribution in [3.8, 4) is 6.07 Å². The number of nitrogens with one attached hydrogen (secondary N) is 2. The number of nitrogens with zero attached hydrogens (tertiary/aromatic N) is 1. The zero-order valence-electron chi connectivity index (χ0n) is 10.5. The van der Waals surface area contributed by atoms with E-state index in [1.165, 1.54) is 5.56 Å². The Morgan fingerprint density at radius 2 is 1.42 bits per heavy atom. The van der Waals surface area contributed by atoms with Crippen molar-refractivity contribution in [3.05, 3.63) is 59.7 Å². The molecule has 4 heteroatoms. The minimum absolute atomic E-state index is 0.522. The number of rotatable bonds is 2. The van der Waals surface area contributed by atoms with Gasteiger partial charge in [0.15, 0.2) is 5.11 Å². The molecule has 0 bridgehead atoms. The zero-order chi connectivity index (χ0) is 13.7. The summed E-state index contributed by atoms with van der Waals surface area (Å²) in [7, 11) is 0. The van der Waals surface area contributed by atoms with Crippen LogP contribution in [-0.2, 0) is 0 Å². The molecule has 2 aromatic rings. The van der Waals surface area contributed by atoms with E-state index in [4.69, 9.17) is 17.5 Å². The standard InChI is InChI=1S/C15H13N3S/c1-11-2-6-13(7-3-11)17-15(19)18-14-8-4-12(10-16)5-9-14/h2-9H,1H3,(H2,17,18,19). The number of aryl methyl sites for hydroxylation is 1. The lowest BCUT2D eigenvalue weighted by atomic mass is 10.2. The van der Waals surface area contributed by atoms with Gasteiger partial charge in [-0.2, -0.15) is 5.26 Å². The first-order chi connectivity index (χ1) is 9.17. The number of nitriles is 1. The smallest absolute Gasteiger partial charge is 0.175 e. The summed E-state index contributed by atoms with van der Waals surface area (Å²) >= 11 is 5.22. The van der Waals surface area contributed by atoms with Gasteiger partial charge in [0.2, 0.25) is 0 Å². The third-order valence-electron chi connectivity index (χ3n) is 2.58. The predicted molar refractivity (Wildman–Crippen MR) is 82.2 cm³/mol. The van der Waals surface area contributed by atoms with Crippen molar-refractivity contribution in [1.29, 1.82) is 5.26 Å². The summed E-state index contributed by atoms with van der Waals surface area (Å²) in [6.07, 6.45) is 0. The molecule has 0 unspecified atom stereocenters. The first kappa shape index (κ1) is 13.1. The minimum atomic E-state index is 0.522. The van der Waals surface area contributed by atoms with Crippen LogP contribution in [0.3, 0.4) is 0 Å². The van der Waals surface area contributed by atoms with Crippen molar-refractivity contribution in [2.45, 2.75) is 6.92 Å². The van der Waals surface area contributed by atoms with E-state index in [2.05, 4.69) is 16.7 Å². The molecule has 0 aliphatic carbocycles. The Morgan fingerprint density at radius 3 is 1.89 bits per heavy atom. The Kier molecular flexibility index (Phi) is 4.11. The van der Waals surface area contributed by atoms with Gasteiger partial charge in [-0.25, -0.2) is 0 Å². The van der Waals surface area contributed by atoms with E-state index in [-0.39, 0.29) is 0 Å². The molecule has 3 nitrogen and oxygen atoms in total. The summed E-state index contributed by atoms with van der Waals surface area (Å²) in [5, 5.41) is 15.4. The third kappa shape index (κ3) is 3.80. The van der Waals surface area contributed by atoms with Gasteiger partial charge in [-0.15, -0.1) is 0 Å². The van der Waals surface area contributed by atoms with Crippen molar-refractivity contribution in [3.63, 3.8) is 0 Å². The average molecular weight is 267 g/mol. The molecule has 2 aromatic carbocycles. The highest BCUT2D eigenvalue weighted by molar-refractivity contribution is 7.80.